The van der Waals surface area contributed by atoms with Gasteiger partial charge in [-0.2, -0.15) is 0 Å². The fraction of sp³-hybridized carbons (Fsp3) is 1.00. The summed E-state index contributed by atoms with van der Waals surface area (Å²) in [5.74, 6) is 1.06. The first kappa shape index (κ1) is 10.0. The molecule has 1 saturated carbocycles. The van der Waals surface area contributed by atoms with Gasteiger partial charge in [-0.3, -0.25) is 0 Å². The summed E-state index contributed by atoms with van der Waals surface area (Å²) < 4.78 is 0. The van der Waals surface area contributed by atoms with Crippen LogP contribution in [-0.2, 0) is 0 Å². The van der Waals surface area contributed by atoms with E-state index in [-0.39, 0.29) is 0 Å². The summed E-state index contributed by atoms with van der Waals surface area (Å²) in [6.07, 6.45) is 4.12. The number of rotatable bonds is 2. The van der Waals surface area contributed by atoms with Crippen LogP contribution >= 0.6 is 0 Å². The minimum absolute atomic E-state index is 0.412. The second-order valence-corrected chi connectivity index (χ2v) is 4.30. The normalized spacial score (nSPS) is 43.0. The molecule has 1 aliphatic rings. The van der Waals surface area contributed by atoms with Crippen LogP contribution in [0.4, 0.5) is 0 Å². The minimum Gasteiger partial charge on any atom is -0.390 e. The van der Waals surface area contributed by atoms with Crippen molar-refractivity contribution in [1.82, 2.24) is 0 Å². The molecule has 0 bridgehead atoms. The summed E-state index contributed by atoms with van der Waals surface area (Å²) in [7, 11) is 0. The molecule has 0 aromatic heterocycles. The predicted molar refractivity (Wildman–Crippen MR) is 50.8 cm³/mol. The summed E-state index contributed by atoms with van der Waals surface area (Å²) in [6.45, 7) is 4.98. The highest BCUT2D eigenvalue weighted by Crippen LogP contribution is 2.39. The molecular formula is C10H21NO. The van der Waals surface area contributed by atoms with Gasteiger partial charge in [-0.15, -0.1) is 0 Å². The molecule has 0 radical (unpaired) electrons. The molecule has 0 spiro atoms. The van der Waals surface area contributed by atoms with Gasteiger partial charge in [-0.25, -0.2) is 0 Å². The molecule has 1 rings (SSSR count). The van der Waals surface area contributed by atoms with E-state index in [4.69, 9.17) is 5.73 Å². The van der Waals surface area contributed by atoms with E-state index in [1.165, 1.54) is 6.42 Å². The van der Waals surface area contributed by atoms with Crippen molar-refractivity contribution in [2.75, 3.05) is 6.54 Å². The average Bonchev–Trinajstić information content (AvgIpc) is 2.01. The summed E-state index contributed by atoms with van der Waals surface area (Å²) in [5.41, 5.74) is 5.03. The van der Waals surface area contributed by atoms with E-state index in [0.717, 1.165) is 19.3 Å². The lowest BCUT2D eigenvalue weighted by molar-refractivity contribution is -0.0668. The van der Waals surface area contributed by atoms with E-state index in [9.17, 15) is 5.11 Å². The number of hydrogen-bond acceptors (Lipinski definition) is 2. The van der Waals surface area contributed by atoms with E-state index < -0.39 is 5.60 Å². The summed E-state index contributed by atoms with van der Waals surface area (Å²) in [5, 5.41) is 10.2. The molecule has 0 aromatic carbocycles. The van der Waals surface area contributed by atoms with Crippen molar-refractivity contribution in [3.63, 3.8) is 0 Å². The quantitative estimate of drug-likeness (QED) is 0.661. The van der Waals surface area contributed by atoms with Crippen LogP contribution in [0.15, 0.2) is 0 Å². The van der Waals surface area contributed by atoms with Crippen molar-refractivity contribution in [3.8, 4) is 0 Å². The van der Waals surface area contributed by atoms with Crippen LogP contribution in [0.2, 0.25) is 0 Å². The van der Waals surface area contributed by atoms with Crippen molar-refractivity contribution >= 4 is 0 Å². The fourth-order valence-corrected chi connectivity index (χ4v) is 2.34. The maximum atomic E-state index is 10.2. The van der Waals surface area contributed by atoms with Gasteiger partial charge >= 0.3 is 0 Å². The third kappa shape index (κ3) is 1.80. The van der Waals surface area contributed by atoms with E-state index >= 15 is 0 Å². The van der Waals surface area contributed by atoms with Crippen LogP contribution in [0.5, 0.6) is 0 Å². The van der Waals surface area contributed by atoms with Gasteiger partial charge in [0.05, 0.1) is 5.60 Å². The number of hydrogen-bond donors (Lipinski definition) is 2. The second-order valence-electron chi connectivity index (χ2n) is 4.30. The van der Waals surface area contributed by atoms with E-state index in [1.807, 2.05) is 0 Å². The van der Waals surface area contributed by atoms with E-state index in [0.29, 0.717) is 18.4 Å². The Kier molecular flexibility index (Phi) is 3.13. The highest BCUT2D eigenvalue weighted by atomic mass is 16.3. The van der Waals surface area contributed by atoms with Crippen molar-refractivity contribution in [1.29, 1.82) is 0 Å². The molecule has 0 aliphatic heterocycles. The first-order chi connectivity index (χ1) is 5.60. The van der Waals surface area contributed by atoms with Crippen LogP contribution in [-0.4, -0.2) is 17.3 Å². The average molecular weight is 171 g/mol. The third-order valence-corrected chi connectivity index (χ3v) is 3.55. The standard InChI is InChI=1S/C10H21NO/c1-8-4-3-5-10(12,6-7-11)9(8)2/h8-9,12H,3-7,11H2,1-2H3. The lowest BCUT2D eigenvalue weighted by atomic mass is 9.69. The molecular weight excluding hydrogens is 150 g/mol. The zero-order chi connectivity index (χ0) is 9.19. The fourth-order valence-electron chi connectivity index (χ4n) is 2.34. The summed E-state index contributed by atoms with van der Waals surface area (Å²) in [6, 6.07) is 0. The highest BCUT2D eigenvalue weighted by Gasteiger charge is 2.38. The maximum Gasteiger partial charge on any atom is 0.0687 e. The van der Waals surface area contributed by atoms with Gasteiger partial charge in [0.25, 0.3) is 0 Å². The van der Waals surface area contributed by atoms with Crippen molar-refractivity contribution in [3.05, 3.63) is 0 Å². The Bertz CT molecular complexity index is 145. The molecule has 1 fully saturated rings. The van der Waals surface area contributed by atoms with Gasteiger partial charge in [0.2, 0.25) is 0 Å². The molecule has 1 aliphatic carbocycles. The Labute approximate surface area is 75.2 Å². The van der Waals surface area contributed by atoms with Crippen LogP contribution in [0.3, 0.4) is 0 Å². The van der Waals surface area contributed by atoms with Crippen LogP contribution in [0.1, 0.15) is 39.5 Å². The highest BCUT2D eigenvalue weighted by molar-refractivity contribution is 4.90. The molecule has 3 atom stereocenters. The summed E-state index contributed by atoms with van der Waals surface area (Å²) in [4.78, 5) is 0. The Balaban J connectivity index is 2.60. The van der Waals surface area contributed by atoms with Crippen LogP contribution in [0, 0.1) is 11.8 Å². The molecule has 2 heteroatoms. The van der Waals surface area contributed by atoms with E-state index in [2.05, 4.69) is 13.8 Å². The molecule has 3 N–H and O–H groups in total. The van der Waals surface area contributed by atoms with Gasteiger partial charge < -0.3 is 10.8 Å². The van der Waals surface area contributed by atoms with Crippen LogP contribution < -0.4 is 5.73 Å². The van der Waals surface area contributed by atoms with Crippen molar-refractivity contribution < 1.29 is 5.11 Å². The molecule has 0 aromatic rings. The smallest absolute Gasteiger partial charge is 0.0687 e. The molecule has 72 valence electrons. The number of nitrogens with two attached hydrogens (primary N) is 1. The molecule has 0 heterocycles. The maximum absolute atomic E-state index is 10.2. The zero-order valence-electron chi connectivity index (χ0n) is 8.21. The van der Waals surface area contributed by atoms with Gasteiger partial charge in [-0.05, 0) is 31.2 Å². The third-order valence-electron chi connectivity index (χ3n) is 3.55. The lowest BCUT2D eigenvalue weighted by Gasteiger charge is -2.42. The monoisotopic (exact) mass is 171 g/mol. The first-order valence-electron chi connectivity index (χ1n) is 5.02. The Morgan fingerprint density at radius 2 is 2.17 bits per heavy atom. The van der Waals surface area contributed by atoms with Gasteiger partial charge in [-0.1, -0.05) is 26.7 Å². The SMILES string of the molecule is CC1CCCC(O)(CCN)C1C. The Morgan fingerprint density at radius 3 is 2.75 bits per heavy atom. The molecule has 0 amide bonds. The van der Waals surface area contributed by atoms with Crippen molar-refractivity contribution in [2.24, 2.45) is 17.6 Å². The second kappa shape index (κ2) is 3.75. The van der Waals surface area contributed by atoms with Crippen molar-refractivity contribution in [2.45, 2.75) is 45.1 Å². The van der Waals surface area contributed by atoms with Gasteiger partial charge in [0.15, 0.2) is 0 Å². The first-order valence-corrected chi connectivity index (χ1v) is 5.02. The van der Waals surface area contributed by atoms with Gasteiger partial charge in [0, 0.05) is 0 Å². The molecule has 2 nitrogen and oxygen atoms in total. The van der Waals surface area contributed by atoms with Gasteiger partial charge in [0.1, 0.15) is 0 Å². The topological polar surface area (TPSA) is 46.2 Å². The Hall–Kier alpha value is -0.0800. The molecule has 12 heavy (non-hydrogen) atoms. The summed E-state index contributed by atoms with van der Waals surface area (Å²) >= 11 is 0. The Morgan fingerprint density at radius 1 is 1.50 bits per heavy atom. The van der Waals surface area contributed by atoms with E-state index in [1.54, 1.807) is 0 Å². The predicted octanol–water partition coefficient (Wildman–Crippen LogP) is 1.52. The minimum atomic E-state index is -0.466. The molecule has 3 unspecified atom stereocenters. The largest absolute Gasteiger partial charge is 0.390 e. The number of aliphatic hydroxyl groups is 1. The lowest BCUT2D eigenvalue weighted by Crippen LogP contribution is -2.44. The zero-order valence-corrected chi connectivity index (χ0v) is 8.21. The van der Waals surface area contributed by atoms with Crippen LogP contribution in [0.25, 0.3) is 0 Å². The molecule has 0 saturated heterocycles.